The Morgan fingerprint density at radius 2 is 2.10 bits per heavy atom. The molecule has 0 spiro atoms. The fraction of sp³-hybridized carbons (Fsp3) is 0.429. The zero-order chi connectivity index (χ0) is 13.9. The predicted molar refractivity (Wildman–Crippen MR) is 79.0 cm³/mol. The lowest BCUT2D eigenvalue weighted by molar-refractivity contribution is 0.402. The van der Waals surface area contributed by atoms with Gasteiger partial charge < -0.3 is 9.84 Å². The average Bonchev–Trinajstić information content (AvgIpc) is 2.77. The van der Waals surface area contributed by atoms with Gasteiger partial charge in [-0.25, -0.2) is 0 Å². The van der Waals surface area contributed by atoms with Gasteiger partial charge in [-0.15, -0.1) is 0 Å². The van der Waals surface area contributed by atoms with Crippen molar-refractivity contribution >= 4 is 23.2 Å². The Bertz CT molecular complexity index is 592. The van der Waals surface area contributed by atoms with E-state index in [4.69, 9.17) is 27.7 Å². The highest BCUT2D eigenvalue weighted by molar-refractivity contribution is 6.43. The second-order valence-corrected chi connectivity index (χ2v) is 5.70. The summed E-state index contributed by atoms with van der Waals surface area (Å²) >= 11 is 12.2. The Kier molecular flexibility index (Phi) is 4.24. The molecular formula is C14H15Cl2N3O. The largest absolute Gasteiger partial charge is 0.334 e. The van der Waals surface area contributed by atoms with Gasteiger partial charge in [0.1, 0.15) is 0 Å². The zero-order valence-electron chi connectivity index (χ0n) is 10.9. The van der Waals surface area contributed by atoms with Crippen LogP contribution in [-0.2, 0) is 0 Å². The van der Waals surface area contributed by atoms with E-state index in [9.17, 15) is 0 Å². The van der Waals surface area contributed by atoms with E-state index in [1.165, 1.54) is 19.3 Å². The SMILES string of the molecule is Clc1cccc(-c2nc(C3CCCCCN3)no2)c1Cl. The first-order valence-corrected chi connectivity index (χ1v) is 7.52. The Morgan fingerprint density at radius 3 is 3.00 bits per heavy atom. The minimum atomic E-state index is 0.160. The maximum Gasteiger partial charge on any atom is 0.259 e. The van der Waals surface area contributed by atoms with Crippen molar-refractivity contribution in [2.24, 2.45) is 0 Å². The first-order valence-electron chi connectivity index (χ1n) is 6.77. The molecule has 0 radical (unpaired) electrons. The third kappa shape index (κ3) is 2.82. The van der Waals surface area contributed by atoms with Crippen LogP contribution >= 0.6 is 23.2 Å². The van der Waals surface area contributed by atoms with Crippen molar-refractivity contribution < 1.29 is 4.52 Å². The lowest BCUT2D eigenvalue weighted by Crippen LogP contribution is -2.21. The second kappa shape index (κ2) is 6.12. The molecule has 0 bridgehead atoms. The predicted octanol–water partition coefficient (Wildman–Crippen LogP) is 4.25. The van der Waals surface area contributed by atoms with E-state index in [0.29, 0.717) is 27.3 Å². The zero-order valence-corrected chi connectivity index (χ0v) is 12.4. The van der Waals surface area contributed by atoms with E-state index >= 15 is 0 Å². The van der Waals surface area contributed by atoms with Crippen LogP contribution in [0.25, 0.3) is 11.5 Å². The molecule has 0 aliphatic carbocycles. The lowest BCUT2D eigenvalue weighted by atomic mass is 10.1. The number of halogens is 2. The van der Waals surface area contributed by atoms with Crippen LogP contribution in [0.4, 0.5) is 0 Å². The van der Waals surface area contributed by atoms with Gasteiger partial charge in [0.15, 0.2) is 5.82 Å². The molecule has 1 atom stereocenters. The van der Waals surface area contributed by atoms with E-state index in [-0.39, 0.29) is 6.04 Å². The van der Waals surface area contributed by atoms with Gasteiger partial charge in [-0.05, 0) is 31.5 Å². The average molecular weight is 312 g/mol. The summed E-state index contributed by atoms with van der Waals surface area (Å²) in [5, 5.41) is 8.45. The van der Waals surface area contributed by atoms with E-state index in [2.05, 4.69) is 15.5 Å². The molecule has 1 aromatic heterocycles. The summed E-state index contributed by atoms with van der Waals surface area (Å²) in [5.74, 6) is 1.11. The molecule has 2 heterocycles. The van der Waals surface area contributed by atoms with Gasteiger partial charge in [0, 0.05) is 0 Å². The highest BCUT2D eigenvalue weighted by Crippen LogP contribution is 2.33. The van der Waals surface area contributed by atoms with Crippen molar-refractivity contribution in [1.29, 1.82) is 0 Å². The van der Waals surface area contributed by atoms with Gasteiger partial charge >= 0.3 is 0 Å². The number of hydrogen-bond donors (Lipinski definition) is 1. The van der Waals surface area contributed by atoms with Gasteiger partial charge in [0.05, 0.1) is 21.7 Å². The summed E-state index contributed by atoms with van der Waals surface area (Å²) in [5.41, 5.74) is 0.673. The van der Waals surface area contributed by atoms with Gasteiger partial charge in [-0.2, -0.15) is 4.98 Å². The molecule has 1 aliphatic heterocycles. The Labute approximate surface area is 127 Å². The molecule has 4 nitrogen and oxygen atoms in total. The molecular weight excluding hydrogens is 297 g/mol. The normalized spacial score (nSPS) is 19.8. The second-order valence-electron chi connectivity index (χ2n) is 4.92. The van der Waals surface area contributed by atoms with E-state index in [1.807, 2.05) is 12.1 Å². The van der Waals surface area contributed by atoms with Gasteiger partial charge in [-0.3, -0.25) is 0 Å². The topological polar surface area (TPSA) is 51.0 Å². The first-order chi connectivity index (χ1) is 9.75. The molecule has 1 aromatic carbocycles. The quantitative estimate of drug-likeness (QED) is 0.901. The van der Waals surface area contributed by atoms with Crippen molar-refractivity contribution in [3.05, 3.63) is 34.1 Å². The Morgan fingerprint density at radius 1 is 1.20 bits per heavy atom. The van der Waals surface area contributed by atoms with Crippen LogP contribution in [0, 0.1) is 0 Å². The van der Waals surface area contributed by atoms with E-state index < -0.39 is 0 Å². The van der Waals surface area contributed by atoms with Crippen molar-refractivity contribution in [2.75, 3.05) is 6.54 Å². The number of nitrogens with one attached hydrogen (secondary N) is 1. The first kappa shape index (κ1) is 13.9. The minimum Gasteiger partial charge on any atom is -0.334 e. The standard InChI is InChI=1S/C14H15Cl2N3O/c15-10-6-4-5-9(12(10)16)14-18-13(19-20-14)11-7-2-1-3-8-17-11/h4-6,11,17H,1-3,7-8H2. The van der Waals surface area contributed by atoms with E-state index in [1.54, 1.807) is 6.07 Å². The van der Waals surface area contributed by atoms with Crippen LogP contribution in [0.15, 0.2) is 22.7 Å². The summed E-state index contributed by atoms with van der Waals surface area (Å²) in [6.45, 7) is 0.993. The van der Waals surface area contributed by atoms with Crippen LogP contribution in [0.5, 0.6) is 0 Å². The number of benzene rings is 1. The monoisotopic (exact) mass is 311 g/mol. The Balaban J connectivity index is 1.87. The van der Waals surface area contributed by atoms with Crippen molar-refractivity contribution in [1.82, 2.24) is 15.5 Å². The summed E-state index contributed by atoms with van der Waals surface area (Å²) in [6.07, 6.45) is 4.65. The summed E-state index contributed by atoms with van der Waals surface area (Å²) in [6, 6.07) is 5.54. The molecule has 20 heavy (non-hydrogen) atoms. The van der Waals surface area contributed by atoms with Gasteiger partial charge in [-0.1, -0.05) is 47.3 Å². The summed E-state index contributed by atoms with van der Waals surface area (Å²) in [7, 11) is 0. The highest BCUT2D eigenvalue weighted by Gasteiger charge is 2.21. The third-order valence-electron chi connectivity index (χ3n) is 3.50. The van der Waals surface area contributed by atoms with Crippen LogP contribution < -0.4 is 5.32 Å². The van der Waals surface area contributed by atoms with Gasteiger partial charge in [0.2, 0.25) is 0 Å². The molecule has 3 rings (SSSR count). The summed E-state index contributed by atoms with van der Waals surface area (Å²) < 4.78 is 5.34. The lowest BCUT2D eigenvalue weighted by Gasteiger charge is -2.09. The maximum atomic E-state index is 6.17. The van der Waals surface area contributed by atoms with E-state index in [0.717, 1.165) is 13.0 Å². The summed E-state index contributed by atoms with van der Waals surface area (Å²) in [4.78, 5) is 4.46. The fourth-order valence-corrected chi connectivity index (χ4v) is 2.79. The van der Waals surface area contributed by atoms with Crippen LogP contribution in [0.1, 0.15) is 37.5 Å². The molecule has 1 unspecified atom stereocenters. The number of hydrogen-bond acceptors (Lipinski definition) is 4. The maximum absolute atomic E-state index is 6.17. The number of rotatable bonds is 2. The molecule has 2 aromatic rings. The van der Waals surface area contributed by atoms with Crippen LogP contribution in [-0.4, -0.2) is 16.7 Å². The minimum absolute atomic E-state index is 0.160. The molecule has 1 saturated heterocycles. The highest BCUT2D eigenvalue weighted by atomic mass is 35.5. The molecule has 1 N–H and O–H groups in total. The third-order valence-corrected chi connectivity index (χ3v) is 4.31. The molecule has 1 fully saturated rings. The van der Waals surface area contributed by atoms with Crippen molar-refractivity contribution in [3.8, 4) is 11.5 Å². The number of nitrogens with zero attached hydrogens (tertiary/aromatic N) is 2. The smallest absolute Gasteiger partial charge is 0.259 e. The molecule has 6 heteroatoms. The fourth-order valence-electron chi connectivity index (χ4n) is 2.40. The van der Waals surface area contributed by atoms with Crippen LogP contribution in [0.2, 0.25) is 10.0 Å². The van der Waals surface area contributed by atoms with Gasteiger partial charge in [0.25, 0.3) is 5.89 Å². The molecule has 0 amide bonds. The molecule has 106 valence electrons. The molecule has 1 aliphatic rings. The molecule has 0 saturated carbocycles. The Hall–Kier alpha value is -1.10. The van der Waals surface area contributed by atoms with Crippen molar-refractivity contribution in [2.45, 2.75) is 31.7 Å². The van der Waals surface area contributed by atoms with Crippen LogP contribution in [0.3, 0.4) is 0 Å². The van der Waals surface area contributed by atoms with Crippen molar-refractivity contribution in [3.63, 3.8) is 0 Å². The number of aromatic nitrogens is 2.